The smallest absolute Gasteiger partial charge is 0.321 e. The summed E-state index contributed by atoms with van der Waals surface area (Å²) in [6.45, 7) is 6.11. The average molecular weight is 370 g/mol. The largest absolute Gasteiger partial charge is 0.481 e. The predicted molar refractivity (Wildman–Crippen MR) is 97.1 cm³/mol. The van der Waals surface area contributed by atoms with E-state index in [1.807, 2.05) is 13.8 Å². The third-order valence-corrected chi connectivity index (χ3v) is 3.76. The van der Waals surface area contributed by atoms with E-state index in [4.69, 9.17) is 16.7 Å². The third-order valence-electron chi connectivity index (χ3n) is 3.45. The number of carbonyl (C=O) groups excluding carboxylic acids is 2. The fourth-order valence-electron chi connectivity index (χ4n) is 1.96. The number of carboxylic acids is 1. The van der Waals surface area contributed by atoms with E-state index in [0.29, 0.717) is 23.7 Å². The molecular formula is C17H24ClN3O4. The minimum Gasteiger partial charge on any atom is -0.481 e. The molecule has 25 heavy (non-hydrogen) atoms. The molecule has 0 aliphatic carbocycles. The summed E-state index contributed by atoms with van der Waals surface area (Å²) in [5, 5.41) is 14.5. The molecule has 0 heterocycles. The van der Waals surface area contributed by atoms with Crippen LogP contribution >= 0.6 is 11.6 Å². The van der Waals surface area contributed by atoms with Crippen LogP contribution in [0.5, 0.6) is 0 Å². The Balaban J connectivity index is 2.72. The van der Waals surface area contributed by atoms with E-state index >= 15 is 0 Å². The monoisotopic (exact) mass is 369 g/mol. The first-order valence-corrected chi connectivity index (χ1v) is 8.32. The number of benzene rings is 1. The summed E-state index contributed by atoms with van der Waals surface area (Å²) in [5.74, 6) is -1.60. The first-order valence-electron chi connectivity index (χ1n) is 7.94. The highest BCUT2D eigenvalue weighted by molar-refractivity contribution is 6.34. The zero-order valence-electron chi connectivity index (χ0n) is 14.8. The van der Waals surface area contributed by atoms with Crippen molar-refractivity contribution in [2.24, 2.45) is 11.8 Å². The minimum atomic E-state index is -0.973. The fourth-order valence-corrected chi connectivity index (χ4v) is 2.23. The quantitative estimate of drug-likeness (QED) is 0.688. The molecule has 3 amide bonds. The van der Waals surface area contributed by atoms with Crippen LogP contribution in [0.25, 0.3) is 0 Å². The SMILES string of the molecule is CC(C)CNC(=O)c1ccc(NC(=O)N(C)CC(C)C(=O)O)cc1Cl. The van der Waals surface area contributed by atoms with Crippen molar-refractivity contribution in [3.05, 3.63) is 28.8 Å². The van der Waals surface area contributed by atoms with Crippen molar-refractivity contribution < 1.29 is 19.5 Å². The summed E-state index contributed by atoms with van der Waals surface area (Å²) in [6, 6.07) is 4.13. The zero-order chi connectivity index (χ0) is 19.1. The summed E-state index contributed by atoms with van der Waals surface area (Å²) in [5.41, 5.74) is 0.749. The van der Waals surface area contributed by atoms with E-state index in [1.165, 1.54) is 31.0 Å². The molecule has 0 aliphatic heterocycles. The molecule has 1 aromatic carbocycles. The van der Waals surface area contributed by atoms with E-state index < -0.39 is 17.9 Å². The predicted octanol–water partition coefficient (Wildman–Crippen LogP) is 2.91. The standard InChI is InChI=1S/C17H24ClN3O4/c1-10(2)8-19-15(22)13-6-5-12(7-14(13)18)20-17(25)21(4)9-11(3)16(23)24/h5-7,10-11H,8-9H2,1-4H3,(H,19,22)(H,20,25)(H,23,24). The Morgan fingerprint density at radius 2 is 1.88 bits per heavy atom. The molecule has 0 spiro atoms. The van der Waals surface area contributed by atoms with Crippen LogP contribution in [0.15, 0.2) is 18.2 Å². The Morgan fingerprint density at radius 3 is 2.40 bits per heavy atom. The van der Waals surface area contributed by atoms with Gasteiger partial charge in [-0.05, 0) is 24.1 Å². The first kappa shape index (κ1) is 20.8. The lowest BCUT2D eigenvalue weighted by molar-refractivity contribution is -0.141. The van der Waals surface area contributed by atoms with Gasteiger partial charge in [-0.15, -0.1) is 0 Å². The third kappa shape index (κ3) is 6.62. The maximum absolute atomic E-state index is 12.1. The average Bonchev–Trinajstić information content (AvgIpc) is 2.52. The van der Waals surface area contributed by atoms with Gasteiger partial charge in [0.2, 0.25) is 0 Å². The number of hydrogen-bond acceptors (Lipinski definition) is 3. The Morgan fingerprint density at radius 1 is 1.24 bits per heavy atom. The fraction of sp³-hybridized carbons (Fsp3) is 0.471. The Bertz CT molecular complexity index is 649. The van der Waals surface area contributed by atoms with Crippen molar-refractivity contribution in [1.82, 2.24) is 10.2 Å². The normalized spacial score (nSPS) is 11.8. The van der Waals surface area contributed by atoms with Gasteiger partial charge in [-0.3, -0.25) is 9.59 Å². The summed E-state index contributed by atoms with van der Waals surface area (Å²) in [6.07, 6.45) is 0. The highest BCUT2D eigenvalue weighted by atomic mass is 35.5. The van der Waals surface area contributed by atoms with Crippen molar-refractivity contribution >= 4 is 35.2 Å². The van der Waals surface area contributed by atoms with Crippen LogP contribution < -0.4 is 10.6 Å². The van der Waals surface area contributed by atoms with Gasteiger partial charge in [-0.25, -0.2) is 4.79 Å². The lowest BCUT2D eigenvalue weighted by Crippen LogP contribution is -2.36. The van der Waals surface area contributed by atoms with Gasteiger partial charge in [0.25, 0.3) is 5.91 Å². The second-order valence-corrected chi connectivity index (χ2v) is 6.76. The molecular weight excluding hydrogens is 346 g/mol. The van der Waals surface area contributed by atoms with Crippen LogP contribution in [0.2, 0.25) is 5.02 Å². The molecule has 1 atom stereocenters. The maximum atomic E-state index is 12.1. The number of halogens is 1. The number of anilines is 1. The Labute approximate surface area is 152 Å². The summed E-state index contributed by atoms with van der Waals surface area (Å²) >= 11 is 6.13. The number of amides is 3. The number of nitrogens with zero attached hydrogens (tertiary/aromatic N) is 1. The molecule has 1 unspecified atom stereocenters. The van der Waals surface area contributed by atoms with Gasteiger partial charge in [0.15, 0.2) is 0 Å². The molecule has 0 saturated carbocycles. The number of rotatable bonds is 7. The Hall–Kier alpha value is -2.28. The second-order valence-electron chi connectivity index (χ2n) is 6.35. The van der Waals surface area contributed by atoms with Crippen molar-refractivity contribution in [2.75, 3.05) is 25.5 Å². The molecule has 0 saturated heterocycles. The van der Waals surface area contributed by atoms with Crippen molar-refractivity contribution in [2.45, 2.75) is 20.8 Å². The van der Waals surface area contributed by atoms with Gasteiger partial charge in [0.1, 0.15) is 0 Å². The number of urea groups is 1. The van der Waals surface area contributed by atoms with Crippen LogP contribution in [0.3, 0.4) is 0 Å². The zero-order valence-corrected chi connectivity index (χ0v) is 15.6. The van der Waals surface area contributed by atoms with E-state index in [1.54, 1.807) is 6.07 Å². The summed E-state index contributed by atoms with van der Waals surface area (Å²) in [7, 11) is 1.50. The molecule has 1 rings (SSSR count). The van der Waals surface area contributed by atoms with Gasteiger partial charge in [0.05, 0.1) is 16.5 Å². The van der Waals surface area contributed by atoms with Gasteiger partial charge < -0.3 is 20.6 Å². The number of carboxylic acid groups (broad SMARTS) is 1. The highest BCUT2D eigenvalue weighted by Crippen LogP contribution is 2.21. The first-order chi connectivity index (χ1) is 11.6. The Kier molecular flexibility index (Phi) is 7.70. The van der Waals surface area contributed by atoms with E-state index in [9.17, 15) is 14.4 Å². The van der Waals surface area contributed by atoms with Crippen molar-refractivity contribution in [3.8, 4) is 0 Å². The highest BCUT2D eigenvalue weighted by Gasteiger charge is 2.18. The molecule has 138 valence electrons. The van der Waals surface area contributed by atoms with Crippen LogP contribution in [-0.2, 0) is 4.79 Å². The van der Waals surface area contributed by atoms with Crippen molar-refractivity contribution in [3.63, 3.8) is 0 Å². The molecule has 7 nitrogen and oxygen atoms in total. The molecule has 0 bridgehead atoms. The molecule has 1 aromatic rings. The molecule has 0 aromatic heterocycles. The molecule has 0 aliphatic rings. The van der Waals surface area contributed by atoms with E-state index in [-0.39, 0.29) is 17.5 Å². The number of nitrogens with one attached hydrogen (secondary N) is 2. The van der Waals surface area contributed by atoms with Gasteiger partial charge in [0, 0.05) is 25.8 Å². The second kappa shape index (κ2) is 9.27. The maximum Gasteiger partial charge on any atom is 0.321 e. The number of aliphatic carboxylic acids is 1. The summed E-state index contributed by atoms with van der Waals surface area (Å²) < 4.78 is 0. The van der Waals surface area contributed by atoms with Crippen LogP contribution in [0.4, 0.5) is 10.5 Å². The van der Waals surface area contributed by atoms with Gasteiger partial charge in [-0.1, -0.05) is 32.4 Å². The summed E-state index contributed by atoms with van der Waals surface area (Å²) in [4.78, 5) is 36.2. The number of carbonyl (C=O) groups is 3. The van der Waals surface area contributed by atoms with Crippen LogP contribution in [0.1, 0.15) is 31.1 Å². The van der Waals surface area contributed by atoms with Gasteiger partial charge in [-0.2, -0.15) is 0 Å². The van der Waals surface area contributed by atoms with Crippen molar-refractivity contribution in [1.29, 1.82) is 0 Å². The molecule has 3 N–H and O–H groups in total. The van der Waals surface area contributed by atoms with Crippen LogP contribution in [0, 0.1) is 11.8 Å². The van der Waals surface area contributed by atoms with Crippen LogP contribution in [-0.4, -0.2) is 48.1 Å². The van der Waals surface area contributed by atoms with E-state index in [0.717, 1.165) is 0 Å². The molecule has 0 radical (unpaired) electrons. The molecule has 8 heteroatoms. The molecule has 0 fully saturated rings. The minimum absolute atomic E-state index is 0.0740. The topological polar surface area (TPSA) is 98.7 Å². The lowest BCUT2D eigenvalue weighted by Gasteiger charge is -2.20. The van der Waals surface area contributed by atoms with Gasteiger partial charge >= 0.3 is 12.0 Å². The van der Waals surface area contributed by atoms with E-state index in [2.05, 4.69) is 10.6 Å². The lowest BCUT2D eigenvalue weighted by atomic mass is 10.1. The number of hydrogen-bond donors (Lipinski definition) is 3.